The Morgan fingerprint density at radius 1 is 1.06 bits per heavy atom. The molecule has 0 spiro atoms. The van der Waals surface area contributed by atoms with Crippen molar-refractivity contribution in [1.29, 1.82) is 0 Å². The Kier molecular flexibility index (Phi) is 3.69. The first kappa shape index (κ1) is 13.1. The molecule has 2 aromatic carbocycles. The molecule has 0 aliphatic rings. The molecule has 0 amide bonds. The third kappa shape index (κ3) is 2.55. The fourth-order valence-electron chi connectivity index (χ4n) is 1.99. The molecule has 0 aliphatic carbocycles. The average molecular weight is 264 g/mol. The van der Waals surface area contributed by atoms with Gasteiger partial charge in [0.1, 0.15) is 5.82 Å². The molecule has 2 rings (SSSR count). The highest BCUT2D eigenvalue weighted by molar-refractivity contribution is 6.31. The molecule has 0 radical (unpaired) electrons. The zero-order valence-corrected chi connectivity index (χ0v) is 11.1. The van der Waals surface area contributed by atoms with E-state index in [1.165, 1.54) is 12.1 Å². The van der Waals surface area contributed by atoms with E-state index < -0.39 is 0 Å². The SMILES string of the molecule is Cc1cc(C(N)c2cc(F)ccc2C)ccc1Cl. The maximum absolute atomic E-state index is 13.3. The molecule has 94 valence electrons. The van der Waals surface area contributed by atoms with Crippen molar-refractivity contribution in [3.63, 3.8) is 0 Å². The molecular weight excluding hydrogens is 249 g/mol. The van der Waals surface area contributed by atoms with Crippen LogP contribution in [0.25, 0.3) is 0 Å². The summed E-state index contributed by atoms with van der Waals surface area (Å²) < 4.78 is 13.3. The summed E-state index contributed by atoms with van der Waals surface area (Å²) in [4.78, 5) is 0. The Hall–Kier alpha value is -1.38. The monoisotopic (exact) mass is 263 g/mol. The molecule has 0 aliphatic heterocycles. The number of aryl methyl sites for hydroxylation is 2. The van der Waals surface area contributed by atoms with E-state index >= 15 is 0 Å². The van der Waals surface area contributed by atoms with Crippen LogP contribution >= 0.6 is 11.6 Å². The molecular formula is C15H15ClFN. The molecule has 0 saturated heterocycles. The Morgan fingerprint density at radius 2 is 1.78 bits per heavy atom. The minimum atomic E-state index is -0.336. The Balaban J connectivity index is 2.44. The van der Waals surface area contributed by atoms with Crippen molar-refractivity contribution in [1.82, 2.24) is 0 Å². The van der Waals surface area contributed by atoms with Crippen LogP contribution in [0.3, 0.4) is 0 Å². The molecule has 0 saturated carbocycles. The molecule has 0 heterocycles. The van der Waals surface area contributed by atoms with Crippen molar-refractivity contribution in [3.8, 4) is 0 Å². The normalized spacial score (nSPS) is 12.5. The summed E-state index contributed by atoms with van der Waals surface area (Å²) >= 11 is 5.99. The van der Waals surface area contributed by atoms with Crippen LogP contribution in [0, 0.1) is 19.7 Å². The van der Waals surface area contributed by atoms with Crippen LogP contribution in [0.4, 0.5) is 4.39 Å². The predicted molar refractivity (Wildman–Crippen MR) is 73.4 cm³/mol. The van der Waals surface area contributed by atoms with Crippen molar-refractivity contribution in [2.45, 2.75) is 19.9 Å². The first-order valence-electron chi connectivity index (χ1n) is 5.76. The summed E-state index contributed by atoms with van der Waals surface area (Å²) in [6, 6.07) is 9.98. The van der Waals surface area contributed by atoms with Crippen molar-refractivity contribution < 1.29 is 4.39 Å². The number of benzene rings is 2. The third-order valence-electron chi connectivity index (χ3n) is 3.12. The zero-order chi connectivity index (χ0) is 13.3. The maximum Gasteiger partial charge on any atom is 0.123 e. The second-order valence-electron chi connectivity index (χ2n) is 4.49. The van der Waals surface area contributed by atoms with Crippen LogP contribution < -0.4 is 5.73 Å². The van der Waals surface area contributed by atoms with Crippen LogP contribution in [0.5, 0.6) is 0 Å². The second kappa shape index (κ2) is 5.09. The lowest BCUT2D eigenvalue weighted by Gasteiger charge is -2.16. The molecule has 0 fully saturated rings. The number of nitrogens with two attached hydrogens (primary N) is 1. The van der Waals surface area contributed by atoms with E-state index in [2.05, 4.69) is 0 Å². The average Bonchev–Trinajstić information content (AvgIpc) is 2.35. The van der Waals surface area contributed by atoms with Gasteiger partial charge in [0.2, 0.25) is 0 Å². The topological polar surface area (TPSA) is 26.0 Å². The molecule has 2 N–H and O–H groups in total. The van der Waals surface area contributed by atoms with Gasteiger partial charge in [-0.15, -0.1) is 0 Å². The predicted octanol–water partition coefficient (Wildman–Crippen LogP) is 4.14. The van der Waals surface area contributed by atoms with Crippen molar-refractivity contribution in [2.75, 3.05) is 0 Å². The summed E-state index contributed by atoms with van der Waals surface area (Å²) in [6.45, 7) is 3.86. The lowest BCUT2D eigenvalue weighted by Crippen LogP contribution is -2.13. The molecule has 1 atom stereocenters. The van der Waals surface area contributed by atoms with E-state index in [1.54, 1.807) is 6.07 Å². The van der Waals surface area contributed by atoms with Gasteiger partial charge in [-0.3, -0.25) is 0 Å². The summed E-state index contributed by atoms with van der Waals surface area (Å²) in [6.07, 6.45) is 0. The van der Waals surface area contributed by atoms with Crippen LogP contribution in [-0.4, -0.2) is 0 Å². The smallest absolute Gasteiger partial charge is 0.123 e. The number of hydrogen-bond donors (Lipinski definition) is 1. The van der Waals surface area contributed by atoms with Gasteiger partial charge in [-0.2, -0.15) is 0 Å². The van der Waals surface area contributed by atoms with Gasteiger partial charge in [-0.1, -0.05) is 29.8 Å². The number of hydrogen-bond acceptors (Lipinski definition) is 1. The van der Waals surface area contributed by atoms with Gasteiger partial charge in [-0.05, 0) is 54.3 Å². The van der Waals surface area contributed by atoms with Crippen LogP contribution in [0.1, 0.15) is 28.3 Å². The van der Waals surface area contributed by atoms with Gasteiger partial charge < -0.3 is 5.73 Å². The number of rotatable bonds is 2. The van der Waals surface area contributed by atoms with Crippen LogP contribution in [0.2, 0.25) is 5.02 Å². The number of halogens is 2. The minimum Gasteiger partial charge on any atom is -0.320 e. The van der Waals surface area contributed by atoms with Gasteiger partial charge in [0.25, 0.3) is 0 Å². The molecule has 3 heteroatoms. The van der Waals surface area contributed by atoms with Gasteiger partial charge >= 0.3 is 0 Å². The minimum absolute atomic E-state index is 0.267. The molecule has 1 unspecified atom stereocenters. The first-order valence-corrected chi connectivity index (χ1v) is 6.14. The summed E-state index contributed by atoms with van der Waals surface area (Å²) in [5.74, 6) is -0.267. The molecule has 1 nitrogen and oxygen atoms in total. The van der Waals surface area contributed by atoms with E-state index in [9.17, 15) is 4.39 Å². The third-order valence-corrected chi connectivity index (χ3v) is 3.54. The highest BCUT2D eigenvalue weighted by Crippen LogP contribution is 2.26. The zero-order valence-electron chi connectivity index (χ0n) is 10.4. The Labute approximate surface area is 111 Å². The van der Waals surface area contributed by atoms with Gasteiger partial charge in [0.15, 0.2) is 0 Å². The molecule has 0 aromatic heterocycles. The standard InChI is InChI=1S/C15H15ClFN/c1-9-3-5-12(17)8-13(9)15(18)11-4-6-14(16)10(2)7-11/h3-8,15H,18H2,1-2H3. The second-order valence-corrected chi connectivity index (χ2v) is 4.89. The van der Waals surface area contributed by atoms with Crippen molar-refractivity contribution in [2.24, 2.45) is 5.73 Å². The van der Waals surface area contributed by atoms with Gasteiger partial charge in [0, 0.05) is 5.02 Å². The van der Waals surface area contributed by atoms with Crippen LogP contribution in [0.15, 0.2) is 36.4 Å². The summed E-state index contributed by atoms with van der Waals surface area (Å²) in [7, 11) is 0. The van der Waals surface area contributed by atoms with Crippen LogP contribution in [-0.2, 0) is 0 Å². The maximum atomic E-state index is 13.3. The van der Waals surface area contributed by atoms with E-state index in [4.69, 9.17) is 17.3 Å². The van der Waals surface area contributed by atoms with E-state index in [1.807, 2.05) is 32.0 Å². The van der Waals surface area contributed by atoms with E-state index in [0.717, 1.165) is 22.3 Å². The largest absolute Gasteiger partial charge is 0.320 e. The lowest BCUT2D eigenvalue weighted by molar-refractivity contribution is 0.622. The fraction of sp³-hybridized carbons (Fsp3) is 0.200. The highest BCUT2D eigenvalue weighted by atomic mass is 35.5. The van der Waals surface area contributed by atoms with E-state index in [0.29, 0.717) is 5.02 Å². The first-order chi connectivity index (χ1) is 8.49. The summed E-state index contributed by atoms with van der Waals surface area (Å²) in [5.41, 5.74) is 9.89. The molecule has 0 bridgehead atoms. The lowest BCUT2D eigenvalue weighted by atomic mass is 9.95. The van der Waals surface area contributed by atoms with Gasteiger partial charge in [0.05, 0.1) is 6.04 Å². The quantitative estimate of drug-likeness (QED) is 0.866. The Morgan fingerprint density at radius 3 is 2.44 bits per heavy atom. The molecule has 18 heavy (non-hydrogen) atoms. The Bertz CT molecular complexity index is 581. The highest BCUT2D eigenvalue weighted by Gasteiger charge is 2.13. The molecule has 2 aromatic rings. The fourth-order valence-corrected chi connectivity index (χ4v) is 2.10. The van der Waals surface area contributed by atoms with Crippen molar-refractivity contribution >= 4 is 11.6 Å². The summed E-state index contributed by atoms with van der Waals surface area (Å²) in [5, 5.41) is 0.710. The van der Waals surface area contributed by atoms with Crippen molar-refractivity contribution in [3.05, 3.63) is 69.5 Å². The van der Waals surface area contributed by atoms with E-state index in [-0.39, 0.29) is 11.9 Å². The van der Waals surface area contributed by atoms with Gasteiger partial charge in [-0.25, -0.2) is 4.39 Å².